The maximum atomic E-state index is 12.4. The Morgan fingerprint density at radius 2 is 2.04 bits per heavy atom. The molecule has 2 saturated heterocycles. The molecule has 1 atom stereocenters. The molecule has 3 aliphatic heterocycles. The van der Waals surface area contributed by atoms with E-state index in [0.29, 0.717) is 12.6 Å². The summed E-state index contributed by atoms with van der Waals surface area (Å²) < 4.78 is 5.89. The third-order valence-electron chi connectivity index (χ3n) is 6.28. The lowest BCUT2D eigenvalue weighted by Gasteiger charge is -2.40. The van der Waals surface area contributed by atoms with Crippen molar-refractivity contribution in [1.82, 2.24) is 9.80 Å². The molecule has 0 unspecified atom stereocenters. The molecule has 3 aliphatic rings. The fraction of sp³-hybridized carbons (Fsp3) is 0.667. The van der Waals surface area contributed by atoms with E-state index in [1.54, 1.807) is 0 Å². The Morgan fingerprint density at radius 1 is 1.27 bits per heavy atom. The summed E-state index contributed by atoms with van der Waals surface area (Å²) in [5.74, 6) is 0.257. The second-order valence-corrected chi connectivity index (χ2v) is 8.43. The number of nitrogens with zero attached hydrogens (tertiary/aromatic N) is 3. The van der Waals surface area contributed by atoms with Gasteiger partial charge in [-0.3, -0.25) is 4.79 Å². The van der Waals surface area contributed by atoms with Crippen molar-refractivity contribution >= 4 is 11.6 Å². The molecule has 5 nitrogen and oxygen atoms in total. The molecule has 1 spiro atoms. The second-order valence-electron chi connectivity index (χ2n) is 8.43. The van der Waals surface area contributed by atoms with Crippen LogP contribution in [0.3, 0.4) is 0 Å². The van der Waals surface area contributed by atoms with E-state index in [-0.39, 0.29) is 11.3 Å². The zero-order valence-corrected chi connectivity index (χ0v) is 16.1. The van der Waals surface area contributed by atoms with Gasteiger partial charge in [-0.15, -0.1) is 0 Å². The van der Waals surface area contributed by atoms with Gasteiger partial charge in [0, 0.05) is 43.9 Å². The van der Waals surface area contributed by atoms with E-state index in [2.05, 4.69) is 34.1 Å². The van der Waals surface area contributed by atoms with Crippen molar-refractivity contribution in [3.63, 3.8) is 0 Å². The summed E-state index contributed by atoms with van der Waals surface area (Å²) in [6, 6.07) is 8.89. The van der Waals surface area contributed by atoms with Crippen molar-refractivity contribution in [2.45, 2.75) is 37.2 Å². The molecular formula is C21H31N3O2. The molecule has 0 radical (unpaired) electrons. The maximum absolute atomic E-state index is 12.4. The molecule has 0 aromatic heterocycles. The van der Waals surface area contributed by atoms with Crippen molar-refractivity contribution < 1.29 is 9.53 Å². The summed E-state index contributed by atoms with van der Waals surface area (Å²) in [6.45, 7) is 5.23. The van der Waals surface area contributed by atoms with Crippen LogP contribution in [0, 0.1) is 0 Å². The number of anilines is 1. The number of carbonyl (C=O) groups is 1. The maximum Gasteiger partial charge on any atom is 0.236 e. The van der Waals surface area contributed by atoms with Crippen LogP contribution in [0.1, 0.15) is 31.2 Å². The number of carbonyl (C=O) groups excluding carboxylic acids is 1. The van der Waals surface area contributed by atoms with Crippen LogP contribution in [0.25, 0.3) is 0 Å². The number of hydrogen-bond acceptors (Lipinski definition) is 4. The molecule has 0 bridgehead atoms. The van der Waals surface area contributed by atoms with Crippen molar-refractivity contribution in [2.75, 3.05) is 58.3 Å². The zero-order chi connectivity index (χ0) is 18.1. The zero-order valence-electron chi connectivity index (χ0n) is 16.1. The summed E-state index contributed by atoms with van der Waals surface area (Å²) >= 11 is 0. The molecule has 0 aliphatic carbocycles. The van der Waals surface area contributed by atoms with E-state index in [1.807, 2.05) is 19.0 Å². The fourth-order valence-electron chi connectivity index (χ4n) is 4.91. The van der Waals surface area contributed by atoms with Gasteiger partial charge in [0.05, 0.1) is 12.6 Å². The van der Waals surface area contributed by atoms with Gasteiger partial charge in [-0.2, -0.15) is 0 Å². The van der Waals surface area contributed by atoms with E-state index >= 15 is 0 Å². The van der Waals surface area contributed by atoms with E-state index in [1.165, 1.54) is 24.1 Å². The van der Waals surface area contributed by atoms with Crippen LogP contribution in [0.15, 0.2) is 24.3 Å². The smallest absolute Gasteiger partial charge is 0.236 e. The van der Waals surface area contributed by atoms with Crippen LogP contribution >= 0.6 is 0 Å². The lowest BCUT2D eigenvalue weighted by molar-refractivity contribution is -0.133. The van der Waals surface area contributed by atoms with Gasteiger partial charge >= 0.3 is 0 Å². The largest absolute Gasteiger partial charge is 0.376 e. The molecule has 142 valence electrons. The van der Waals surface area contributed by atoms with Gasteiger partial charge in [0.15, 0.2) is 0 Å². The number of ether oxygens (including phenoxy) is 1. The second kappa shape index (κ2) is 7.20. The number of para-hydroxylation sites is 1. The van der Waals surface area contributed by atoms with Crippen LogP contribution < -0.4 is 4.90 Å². The average Bonchev–Trinajstić information content (AvgIpc) is 3.23. The van der Waals surface area contributed by atoms with Gasteiger partial charge in [-0.25, -0.2) is 0 Å². The first kappa shape index (κ1) is 17.8. The van der Waals surface area contributed by atoms with E-state index < -0.39 is 0 Å². The van der Waals surface area contributed by atoms with Crippen LogP contribution in [0.5, 0.6) is 0 Å². The first-order valence-corrected chi connectivity index (χ1v) is 9.96. The molecule has 3 heterocycles. The molecule has 1 amide bonds. The number of benzene rings is 1. The highest BCUT2D eigenvalue weighted by Gasteiger charge is 2.45. The molecule has 1 aromatic rings. The predicted molar refractivity (Wildman–Crippen MR) is 104 cm³/mol. The SMILES string of the molecule is CN(C)CC(=O)N1CCC2(CC1)CN(C[C@H]1CCCO1)c1ccccc12. The third-order valence-corrected chi connectivity index (χ3v) is 6.28. The van der Waals surface area contributed by atoms with Gasteiger partial charge < -0.3 is 19.4 Å². The lowest BCUT2D eigenvalue weighted by atomic mass is 9.74. The number of fused-ring (bicyclic) bond motifs is 2. The van der Waals surface area contributed by atoms with Gasteiger partial charge in [-0.1, -0.05) is 18.2 Å². The van der Waals surface area contributed by atoms with Crippen molar-refractivity contribution in [3.05, 3.63) is 29.8 Å². The Morgan fingerprint density at radius 3 is 2.73 bits per heavy atom. The van der Waals surface area contributed by atoms with E-state index in [9.17, 15) is 4.79 Å². The van der Waals surface area contributed by atoms with Gasteiger partial charge in [0.25, 0.3) is 0 Å². The van der Waals surface area contributed by atoms with Crippen LogP contribution in [0.4, 0.5) is 5.69 Å². The highest BCUT2D eigenvalue weighted by molar-refractivity contribution is 5.78. The van der Waals surface area contributed by atoms with E-state index in [4.69, 9.17) is 4.74 Å². The highest BCUT2D eigenvalue weighted by Crippen LogP contribution is 2.47. The van der Waals surface area contributed by atoms with Crippen LogP contribution in [-0.4, -0.2) is 75.2 Å². The number of hydrogen-bond donors (Lipinski definition) is 0. The Labute approximate surface area is 156 Å². The third kappa shape index (κ3) is 3.35. The van der Waals surface area contributed by atoms with Crippen molar-refractivity contribution in [2.24, 2.45) is 0 Å². The molecule has 5 heteroatoms. The van der Waals surface area contributed by atoms with Crippen molar-refractivity contribution in [3.8, 4) is 0 Å². The topological polar surface area (TPSA) is 36.0 Å². The summed E-state index contributed by atoms with van der Waals surface area (Å²) in [7, 11) is 3.92. The van der Waals surface area contributed by atoms with E-state index in [0.717, 1.165) is 45.6 Å². The average molecular weight is 357 g/mol. The molecule has 0 saturated carbocycles. The Balaban J connectivity index is 1.48. The van der Waals surface area contributed by atoms with Gasteiger partial charge in [-0.05, 0) is 51.4 Å². The highest BCUT2D eigenvalue weighted by atomic mass is 16.5. The first-order chi connectivity index (χ1) is 12.6. The predicted octanol–water partition coefficient (Wildman–Crippen LogP) is 2.11. The Kier molecular flexibility index (Phi) is 4.93. The number of likely N-dealkylation sites (tertiary alicyclic amines) is 1. The lowest BCUT2D eigenvalue weighted by Crippen LogP contribution is -2.49. The van der Waals surface area contributed by atoms with Crippen LogP contribution in [-0.2, 0) is 14.9 Å². The van der Waals surface area contributed by atoms with Gasteiger partial charge in [0.1, 0.15) is 0 Å². The van der Waals surface area contributed by atoms with Crippen LogP contribution in [0.2, 0.25) is 0 Å². The fourth-order valence-corrected chi connectivity index (χ4v) is 4.91. The Hall–Kier alpha value is -1.59. The number of rotatable bonds is 4. The quantitative estimate of drug-likeness (QED) is 0.827. The van der Waals surface area contributed by atoms with Gasteiger partial charge in [0.2, 0.25) is 5.91 Å². The molecule has 26 heavy (non-hydrogen) atoms. The standard InChI is InChI=1S/C21H31N3O2/c1-22(2)15-20(25)23-11-9-21(10-12-23)16-24(14-17-6-5-13-26-17)19-8-4-3-7-18(19)21/h3-4,7-8,17H,5-6,9-16H2,1-2H3/t17-/m1/s1. The summed E-state index contributed by atoms with van der Waals surface area (Å²) in [5, 5.41) is 0. The molecule has 0 N–H and O–H groups in total. The summed E-state index contributed by atoms with van der Waals surface area (Å²) in [6.07, 6.45) is 4.86. The summed E-state index contributed by atoms with van der Waals surface area (Å²) in [5.41, 5.74) is 3.07. The molecule has 2 fully saturated rings. The number of piperidine rings is 1. The number of amides is 1. The first-order valence-electron chi connectivity index (χ1n) is 9.96. The minimum Gasteiger partial charge on any atom is -0.376 e. The van der Waals surface area contributed by atoms with Crippen molar-refractivity contribution in [1.29, 1.82) is 0 Å². The minimum absolute atomic E-state index is 0.199. The molecular weight excluding hydrogens is 326 g/mol. The minimum atomic E-state index is 0.199. The molecule has 4 rings (SSSR count). The Bertz CT molecular complexity index is 646. The molecule has 1 aromatic carbocycles. The normalized spacial score (nSPS) is 24.5. The monoisotopic (exact) mass is 357 g/mol. The summed E-state index contributed by atoms with van der Waals surface area (Å²) in [4.78, 5) is 19.0. The number of likely N-dealkylation sites (N-methyl/N-ethyl adjacent to an activating group) is 1.